The van der Waals surface area contributed by atoms with Crippen LogP contribution in [0.1, 0.15) is 0 Å². The first-order chi connectivity index (χ1) is 8.06. The summed E-state index contributed by atoms with van der Waals surface area (Å²) in [5.74, 6) is -2.01. The first-order valence-electron chi connectivity index (χ1n) is 4.54. The summed E-state index contributed by atoms with van der Waals surface area (Å²) < 4.78 is 9.62. The van der Waals surface area contributed by atoms with E-state index in [-0.39, 0.29) is 12.4 Å². The summed E-state index contributed by atoms with van der Waals surface area (Å²) in [6.45, 7) is -0.221. The number of aromatic nitrogens is 1. The van der Waals surface area contributed by atoms with Crippen LogP contribution in [-0.2, 0) is 9.53 Å². The Morgan fingerprint density at radius 2 is 2.41 bits per heavy atom. The van der Waals surface area contributed by atoms with Gasteiger partial charge < -0.3 is 24.7 Å². The molecule has 0 fully saturated rings. The van der Waals surface area contributed by atoms with Crippen LogP contribution in [-0.4, -0.2) is 40.8 Å². The van der Waals surface area contributed by atoms with Crippen molar-refractivity contribution in [1.82, 2.24) is 4.98 Å². The van der Waals surface area contributed by atoms with Crippen LogP contribution < -0.4 is 4.74 Å². The van der Waals surface area contributed by atoms with Gasteiger partial charge in [-0.25, -0.2) is 4.79 Å². The van der Waals surface area contributed by atoms with E-state index >= 15 is 0 Å². The summed E-state index contributed by atoms with van der Waals surface area (Å²) >= 11 is 0. The van der Waals surface area contributed by atoms with Crippen LogP contribution >= 0.6 is 0 Å². The van der Waals surface area contributed by atoms with Crippen LogP contribution in [0.25, 0.3) is 0 Å². The number of carbonyl (C=O) groups is 1. The summed E-state index contributed by atoms with van der Waals surface area (Å²) in [7, 11) is 1.30. The molecular formula is C9H10N2O6. The molecule has 1 aromatic rings. The minimum absolute atomic E-state index is 0.207. The van der Waals surface area contributed by atoms with Gasteiger partial charge in [0.2, 0.25) is 11.9 Å². The van der Waals surface area contributed by atoms with E-state index in [1.54, 1.807) is 0 Å². The Morgan fingerprint density at radius 1 is 1.71 bits per heavy atom. The summed E-state index contributed by atoms with van der Waals surface area (Å²) in [6.07, 6.45) is -0.0974. The van der Waals surface area contributed by atoms with Gasteiger partial charge in [-0.15, -0.1) is 0 Å². The predicted molar refractivity (Wildman–Crippen MR) is 54.8 cm³/mol. The van der Waals surface area contributed by atoms with E-state index < -0.39 is 22.8 Å². The second-order valence-corrected chi connectivity index (χ2v) is 2.98. The van der Waals surface area contributed by atoms with Crippen molar-refractivity contribution >= 4 is 11.8 Å². The van der Waals surface area contributed by atoms with E-state index in [2.05, 4.69) is 9.72 Å². The van der Waals surface area contributed by atoms with Gasteiger partial charge in [-0.05, 0) is 22.0 Å². The molecule has 0 saturated heterocycles. The number of hydrogen-bond acceptors (Lipinski definition) is 6. The van der Waals surface area contributed by atoms with Crippen LogP contribution in [0.3, 0.4) is 0 Å². The normalized spacial score (nSPS) is 11.8. The molecular weight excluding hydrogens is 232 g/mol. The average molecular weight is 242 g/mol. The molecule has 0 aromatic carbocycles. The Balaban J connectivity index is 2.92. The molecule has 0 radical (unpaired) electrons. The highest BCUT2D eigenvalue weighted by Crippen LogP contribution is 2.24. The molecule has 0 spiro atoms. The molecule has 0 saturated carbocycles. The minimum atomic E-state index is -1.32. The fraction of sp³-hybridized carbons (Fsp3) is 0.333. The number of methoxy groups -OCH3 is 1. The summed E-state index contributed by atoms with van der Waals surface area (Å²) in [4.78, 5) is 24.1. The molecule has 8 nitrogen and oxygen atoms in total. The molecule has 1 heterocycles. The van der Waals surface area contributed by atoms with Gasteiger partial charge in [0.05, 0.1) is 6.61 Å². The number of nitro groups is 1. The standard InChI is InChI=1S/C9H10N2O6/c1-16-5-7(9(12)13)17-6-3-2-4-10-8(6)11(14)15/h2-4,7H,5H2,1H3,(H,12,13). The monoisotopic (exact) mass is 242 g/mol. The topological polar surface area (TPSA) is 112 Å². The second kappa shape index (κ2) is 5.75. The lowest BCUT2D eigenvalue weighted by Crippen LogP contribution is -2.31. The SMILES string of the molecule is COCC(Oc1cccnc1[N+](=O)[O-])C(=O)O. The van der Waals surface area contributed by atoms with Crippen LogP contribution in [0.15, 0.2) is 18.3 Å². The van der Waals surface area contributed by atoms with Gasteiger partial charge in [0.15, 0.2) is 0 Å². The van der Waals surface area contributed by atoms with Crippen molar-refractivity contribution in [2.24, 2.45) is 0 Å². The molecule has 1 N–H and O–H groups in total. The molecule has 1 unspecified atom stereocenters. The van der Waals surface area contributed by atoms with Crippen LogP contribution in [0.2, 0.25) is 0 Å². The summed E-state index contributed by atoms with van der Waals surface area (Å²) in [5, 5.41) is 19.4. The Labute approximate surface area is 95.9 Å². The van der Waals surface area contributed by atoms with Crippen molar-refractivity contribution < 1.29 is 24.3 Å². The molecule has 0 aliphatic rings. The quantitative estimate of drug-likeness (QED) is 0.569. The zero-order chi connectivity index (χ0) is 12.8. The third-order valence-corrected chi connectivity index (χ3v) is 1.79. The minimum Gasteiger partial charge on any atom is -0.478 e. The zero-order valence-corrected chi connectivity index (χ0v) is 8.90. The van der Waals surface area contributed by atoms with Crippen LogP contribution in [0, 0.1) is 10.1 Å². The lowest BCUT2D eigenvalue weighted by molar-refractivity contribution is -0.390. The van der Waals surface area contributed by atoms with Crippen molar-refractivity contribution in [2.45, 2.75) is 6.10 Å². The lowest BCUT2D eigenvalue weighted by atomic mass is 10.3. The van der Waals surface area contributed by atoms with Gasteiger partial charge in [-0.3, -0.25) is 0 Å². The first kappa shape index (κ1) is 12.8. The van der Waals surface area contributed by atoms with E-state index in [1.165, 1.54) is 25.4 Å². The number of rotatable bonds is 6. The Morgan fingerprint density at radius 3 is 2.94 bits per heavy atom. The van der Waals surface area contributed by atoms with Crippen LogP contribution in [0.4, 0.5) is 5.82 Å². The maximum Gasteiger partial charge on any atom is 0.406 e. The van der Waals surface area contributed by atoms with Crippen LogP contribution in [0.5, 0.6) is 5.75 Å². The van der Waals surface area contributed by atoms with E-state index in [0.717, 1.165) is 0 Å². The number of hydrogen-bond donors (Lipinski definition) is 1. The van der Waals surface area contributed by atoms with E-state index in [4.69, 9.17) is 9.84 Å². The van der Waals surface area contributed by atoms with Crippen molar-refractivity contribution in [2.75, 3.05) is 13.7 Å². The molecule has 1 atom stereocenters. The Hall–Kier alpha value is -2.22. The van der Waals surface area contributed by atoms with Crippen molar-refractivity contribution in [3.63, 3.8) is 0 Å². The fourth-order valence-corrected chi connectivity index (χ4v) is 1.07. The number of carboxylic acids is 1. The van der Waals surface area contributed by atoms with E-state index in [1.807, 2.05) is 0 Å². The van der Waals surface area contributed by atoms with Gasteiger partial charge in [-0.2, -0.15) is 0 Å². The number of ether oxygens (including phenoxy) is 2. The number of pyridine rings is 1. The number of carboxylic acid groups (broad SMARTS) is 1. The molecule has 1 rings (SSSR count). The highest BCUT2D eigenvalue weighted by atomic mass is 16.6. The van der Waals surface area contributed by atoms with Gasteiger partial charge in [-0.1, -0.05) is 0 Å². The summed E-state index contributed by atoms with van der Waals surface area (Å²) in [5.41, 5.74) is 0. The second-order valence-electron chi connectivity index (χ2n) is 2.98. The van der Waals surface area contributed by atoms with Crippen molar-refractivity contribution in [3.05, 3.63) is 28.4 Å². The van der Waals surface area contributed by atoms with Crippen molar-refractivity contribution in [1.29, 1.82) is 0 Å². The van der Waals surface area contributed by atoms with Gasteiger partial charge >= 0.3 is 11.8 Å². The highest BCUT2D eigenvalue weighted by Gasteiger charge is 2.24. The molecule has 0 aliphatic carbocycles. The molecule has 0 aliphatic heterocycles. The van der Waals surface area contributed by atoms with Gasteiger partial charge in [0.1, 0.15) is 6.20 Å². The largest absolute Gasteiger partial charge is 0.478 e. The smallest absolute Gasteiger partial charge is 0.406 e. The molecule has 8 heteroatoms. The maximum absolute atomic E-state index is 10.8. The molecule has 0 amide bonds. The van der Waals surface area contributed by atoms with Crippen molar-refractivity contribution in [3.8, 4) is 5.75 Å². The predicted octanol–water partition coefficient (Wildman–Crippen LogP) is 0.468. The first-order valence-corrected chi connectivity index (χ1v) is 4.54. The average Bonchev–Trinajstić information content (AvgIpc) is 2.28. The fourth-order valence-electron chi connectivity index (χ4n) is 1.07. The van der Waals surface area contributed by atoms with E-state index in [0.29, 0.717) is 0 Å². The molecule has 92 valence electrons. The van der Waals surface area contributed by atoms with Gasteiger partial charge in [0.25, 0.3) is 0 Å². The Kier molecular flexibility index (Phi) is 4.35. The van der Waals surface area contributed by atoms with E-state index in [9.17, 15) is 14.9 Å². The molecule has 1 aromatic heterocycles. The maximum atomic E-state index is 10.8. The highest BCUT2D eigenvalue weighted by molar-refractivity contribution is 5.73. The number of nitrogens with zero attached hydrogens (tertiary/aromatic N) is 2. The Bertz CT molecular complexity index is 422. The number of aliphatic carboxylic acids is 1. The zero-order valence-electron chi connectivity index (χ0n) is 8.90. The molecule has 0 bridgehead atoms. The third kappa shape index (κ3) is 3.38. The third-order valence-electron chi connectivity index (χ3n) is 1.79. The molecule has 17 heavy (non-hydrogen) atoms. The van der Waals surface area contributed by atoms with Gasteiger partial charge in [0, 0.05) is 7.11 Å². The lowest BCUT2D eigenvalue weighted by Gasteiger charge is -2.13. The summed E-state index contributed by atoms with van der Waals surface area (Å²) in [6, 6.07) is 2.69.